The Balaban J connectivity index is 1.49. The molecule has 164 valence electrons. The average Bonchev–Trinajstić information content (AvgIpc) is 3.20. The molecule has 4 rings (SSSR count). The van der Waals surface area contributed by atoms with E-state index in [1.165, 1.54) is 11.3 Å². The first-order valence-electron chi connectivity index (χ1n) is 10.4. The molecule has 8 heteroatoms. The van der Waals surface area contributed by atoms with E-state index >= 15 is 0 Å². The maximum atomic E-state index is 13.1. The van der Waals surface area contributed by atoms with Crippen molar-refractivity contribution in [2.45, 2.75) is 13.3 Å². The first kappa shape index (κ1) is 22.0. The van der Waals surface area contributed by atoms with E-state index in [9.17, 15) is 4.79 Å². The minimum absolute atomic E-state index is 0.0305. The molecule has 1 aliphatic rings. The molecule has 0 N–H and O–H groups in total. The molecule has 0 aliphatic carbocycles. The van der Waals surface area contributed by atoms with E-state index in [0.717, 1.165) is 55.0 Å². The number of hydrogen-bond donors (Lipinski definition) is 0. The molecule has 0 radical (unpaired) electrons. The number of aryl methyl sites for hydroxylation is 1. The van der Waals surface area contributed by atoms with Crippen molar-refractivity contribution in [3.8, 4) is 5.75 Å². The summed E-state index contributed by atoms with van der Waals surface area (Å²) in [4.78, 5) is 22.0. The summed E-state index contributed by atoms with van der Waals surface area (Å²) >= 11 is 7.72. The number of morpholine rings is 1. The highest BCUT2D eigenvalue weighted by Gasteiger charge is 2.21. The van der Waals surface area contributed by atoms with Crippen LogP contribution in [0.15, 0.2) is 42.5 Å². The number of amides is 1. The van der Waals surface area contributed by atoms with Gasteiger partial charge in [0.1, 0.15) is 5.75 Å². The van der Waals surface area contributed by atoms with Gasteiger partial charge in [0.15, 0.2) is 11.7 Å². The topological polar surface area (TPSA) is 54.9 Å². The molecule has 1 aromatic heterocycles. The van der Waals surface area contributed by atoms with E-state index in [-0.39, 0.29) is 12.5 Å². The number of para-hydroxylation sites is 1. The monoisotopic (exact) mass is 459 g/mol. The number of fused-ring (bicyclic) bond motifs is 1. The van der Waals surface area contributed by atoms with Gasteiger partial charge in [-0.15, -0.1) is 0 Å². The maximum Gasteiger partial charge on any atom is 0.266 e. The van der Waals surface area contributed by atoms with E-state index < -0.39 is 0 Å². The second kappa shape index (κ2) is 10.4. The Bertz CT molecular complexity index is 1020. The smallest absolute Gasteiger partial charge is 0.266 e. The van der Waals surface area contributed by atoms with Crippen molar-refractivity contribution in [2.75, 3.05) is 50.9 Å². The summed E-state index contributed by atoms with van der Waals surface area (Å²) in [6.07, 6.45) is 0.854. The zero-order chi connectivity index (χ0) is 21.6. The third-order valence-electron chi connectivity index (χ3n) is 5.24. The van der Waals surface area contributed by atoms with E-state index in [2.05, 4.69) is 4.90 Å². The highest BCUT2D eigenvalue weighted by atomic mass is 35.5. The van der Waals surface area contributed by atoms with Crippen LogP contribution in [0.1, 0.15) is 12.0 Å². The Hall–Kier alpha value is -2.19. The Morgan fingerprint density at radius 3 is 2.81 bits per heavy atom. The maximum absolute atomic E-state index is 13.1. The summed E-state index contributed by atoms with van der Waals surface area (Å²) < 4.78 is 12.1. The van der Waals surface area contributed by atoms with Crippen LogP contribution >= 0.6 is 22.9 Å². The molecule has 2 heterocycles. The second-order valence-electron chi connectivity index (χ2n) is 7.52. The second-order valence-corrected chi connectivity index (χ2v) is 8.97. The van der Waals surface area contributed by atoms with Crippen LogP contribution in [0, 0.1) is 6.92 Å². The standard InChI is InChI=1S/C23H26ClN3O3S/c1-17-14-18(24)15-20-22(17)25-23(31-20)27(9-5-8-26-10-12-29-13-11-26)21(28)16-30-19-6-3-2-4-7-19/h2-4,6-7,14-15H,5,8-13,16H2,1H3. The lowest BCUT2D eigenvalue weighted by Crippen LogP contribution is -2.40. The van der Waals surface area contributed by atoms with Crippen LogP contribution in [0.5, 0.6) is 5.75 Å². The van der Waals surface area contributed by atoms with Crippen LogP contribution in [-0.4, -0.2) is 61.8 Å². The summed E-state index contributed by atoms with van der Waals surface area (Å²) in [6.45, 7) is 6.87. The molecule has 0 unspecified atom stereocenters. The fourth-order valence-corrected chi connectivity index (χ4v) is 5.07. The van der Waals surface area contributed by atoms with Crippen LogP contribution < -0.4 is 9.64 Å². The zero-order valence-electron chi connectivity index (χ0n) is 17.6. The molecule has 0 bridgehead atoms. The first-order valence-corrected chi connectivity index (χ1v) is 11.6. The van der Waals surface area contributed by atoms with Gasteiger partial charge in [0.2, 0.25) is 0 Å². The van der Waals surface area contributed by atoms with Gasteiger partial charge >= 0.3 is 0 Å². The lowest BCUT2D eigenvalue weighted by molar-refractivity contribution is -0.120. The Kier molecular flexibility index (Phi) is 7.40. The van der Waals surface area contributed by atoms with Gasteiger partial charge in [-0.05, 0) is 43.2 Å². The van der Waals surface area contributed by atoms with Gasteiger partial charge in [0, 0.05) is 31.2 Å². The third kappa shape index (κ3) is 5.74. The lowest BCUT2D eigenvalue weighted by Gasteiger charge is -2.27. The average molecular weight is 460 g/mol. The molecule has 0 atom stereocenters. The number of benzene rings is 2. The van der Waals surface area contributed by atoms with Gasteiger partial charge in [0.25, 0.3) is 5.91 Å². The molecule has 0 spiro atoms. The number of carbonyl (C=O) groups excluding carboxylic acids is 1. The van der Waals surface area contributed by atoms with Crippen molar-refractivity contribution in [1.29, 1.82) is 0 Å². The van der Waals surface area contributed by atoms with Crippen LogP contribution in [0.4, 0.5) is 5.13 Å². The van der Waals surface area contributed by atoms with Gasteiger partial charge in [-0.3, -0.25) is 14.6 Å². The molecule has 3 aromatic rings. The van der Waals surface area contributed by atoms with Crippen molar-refractivity contribution < 1.29 is 14.3 Å². The highest BCUT2D eigenvalue weighted by Crippen LogP contribution is 2.33. The van der Waals surface area contributed by atoms with Crippen LogP contribution in [0.3, 0.4) is 0 Å². The van der Waals surface area contributed by atoms with Crippen molar-refractivity contribution in [3.63, 3.8) is 0 Å². The Labute approximate surface area is 191 Å². The molecule has 1 fully saturated rings. The molecule has 31 heavy (non-hydrogen) atoms. The van der Waals surface area contributed by atoms with Crippen molar-refractivity contribution in [2.24, 2.45) is 0 Å². The summed E-state index contributed by atoms with van der Waals surface area (Å²) in [6, 6.07) is 13.2. The quantitative estimate of drug-likeness (QED) is 0.500. The minimum atomic E-state index is -0.103. The van der Waals surface area contributed by atoms with E-state index in [1.807, 2.05) is 49.4 Å². The summed E-state index contributed by atoms with van der Waals surface area (Å²) in [7, 11) is 0. The molecule has 1 amide bonds. The first-order chi connectivity index (χ1) is 15.1. The number of aromatic nitrogens is 1. The number of nitrogens with zero attached hydrogens (tertiary/aromatic N) is 3. The molecular weight excluding hydrogens is 434 g/mol. The van der Waals surface area contributed by atoms with Crippen LogP contribution in [-0.2, 0) is 9.53 Å². The number of ether oxygens (including phenoxy) is 2. The number of hydrogen-bond acceptors (Lipinski definition) is 6. The molecule has 2 aromatic carbocycles. The van der Waals surface area contributed by atoms with Gasteiger partial charge in [-0.2, -0.15) is 0 Å². The van der Waals surface area contributed by atoms with Crippen molar-refractivity contribution in [3.05, 3.63) is 53.1 Å². The van der Waals surface area contributed by atoms with E-state index in [1.54, 1.807) is 4.90 Å². The highest BCUT2D eigenvalue weighted by molar-refractivity contribution is 7.22. The number of thiazole rings is 1. The number of halogens is 1. The summed E-state index contributed by atoms with van der Waals surface area (Å²) in [5.74, 6) is 0.574. The summed E-state index contributed by atoms with van der Waals surface area (Å²) in [5.41, 5.74) is 1.89. The fourth-order valence-electron chi connectivity index (χ4n) is 3.60. The molecule has 6 nitrogen and oxygen atoms in total. The third-order valence-corrected chi connectivity index (χ3v) is 6.48. The Morgan fingerprint density at radius 2 is 2.03 bits per heavy atom. The molecule has 1 saturated heterocycles. The molecular formula is C23H26ClN3O3S. The van der Waals surface area contributed by atoms with Gasteiger partial charge in [-0.1, -0.05) is 41.1 Å². The SMILES string of the molecule is Cc1cc(Cl)cc2sc(N(CCCN3CCOCC3)C(=O)COc3ccccc3)nc12. The van der Waals surface area contributed by atoms with Gasteiger partial charge in [0.05, 0.1) is 23.4 Å². The largest absolute Gasteiger partial charge is 0.484 e. The fraction of sp³-hybridized carbons (Fsp3) is 0.391. The molecule has 0 saturated carbocycles. The minimum Gasteiger partial charge on any atom is -0.484 e. The normalized spacial score (nSPS) is 14.6. The van der Waals surface area contributed by atoms with Crippen molar-refractivity contribution >= 4 is 44.2 Å². The van der Waals surface area contributed by atoms with Crippen LogP contribution in [0.25, 0.3) is 10.2 Å². The van der Waals surface area contributed by atoms with E-state index in [0.29, 0.717) is 22.4 Å². The lowest BCUT2D eigenvalue weighted by atomic mass is 10.2. The predicted molar refractivity (Wildman–Crippen MR) is 126 cm³/mol. The number of rotatable bonds is 8. The molecule has 1 aliphatic heterocycles. The van der Waals surface area contributed by atoms with E-state index in [4.69, 9.17) is 26.1 Å². The van der Waals surface area contributed by atoms with Crippen LogP contribution in [0.2, 0.25) is 5.02 Å². The number of carbonyl (C=O) groups is 1. The van der Waals surface area contributed by atoms with Crippen molar-refractivity contribution in [1.82, 2.24) is 9.88 Å². The zero-order valence-corrected chi connectivity index (χ0v) is 19.1. The summed E-state index contributed by atoms with van der Waals surface area (Å²) in [5, 5.41) is 1.36. The number of anilines is 1. The van der Waals surface area contributed by atoms with Gasteiger partial charge in [-0.25, -0.2) is 4.98 Å². The predicted octanol–water partition coefficient (Wildman–Crippen LogP) is 4.39. The Morgan fingerprint density at radius 1 is 1.26 bits per heavy atom. The van der Waals surface area contributed by atoms with Gasteiger partial charge < -0.3 is 9.47 Å².